The van der Waals surface area contributed by atoms with Gasteiger partial charge in [-0.3, -0.25) is 0 Å². The Kier molecular flexibility index (Phi) is 17.1. The van der Waals surface area contributed by atoms with E-state index in [0.29, 0.717) is 0 Å². The molecule has 18 aromatic rings. The van der Waals surface area contributed by atoms with Crippen molar-refractivity contribution in [3.05, 3.63) is 437 Å². The van der Waals surface area contributed by atoms with Gasteiger partial charge in [0, 0.05) is 45.3 Å². The number of hydrogen-bond acceptors (Lipinski definition) is 3. The molecule has 20 rings (SSSR count). The SMILES string of the molecule is c1ccc(-c2cc(-c3ccccc3)cc(-c3cc(-c4cc(-c5ccccc5)cc(-c5ccccc5)c4)nc(-c4cc5c6c(c4)N(c4cc(-c7ccccc7)cc(-c7ccccc7)c4)c4ccc(-c7ccccc7)cc4B6c4cc(-c6ccccc6)ccc4N5c4cc(-c5ccccc5)cc(-c5ccccc5)c4)c3)c2)cc1. The molecule has 0 saturated heterocycles. The molecule has 17 aromatic carbocycles. The molecule has 0 atom stereocenters. The first-order valence-electron chi connectivity index (χ1n) is 38.2. The first-order valence-corrected chi connectivity index (χ1v) is 38.2. The zero-order valence-corrected chi connectivity index (χ0v) is 61.0. The summed E-state index contributed by atoms with van der Waals surface area (Å²) in [5.41, 5.74) is 38.4. The Hall–Kier alpha value is -14.4. The zero-order chi connectivity index (χ0) is 73.6. The Morgan fingerprint density at radius 3 is 0.622 bits per heavy atom. The molecule has 2 aliphatic rings. The number of benzene rings is 17. The summed E-state index contributed by atoms with van der Waals surface area (Å²) in [6.07, 6.45) is 0. The summed E-state index contributed by atoms with van der Waals surface area (Å²) in [5.74, 6) is 0. The fraction of sp³-hybridized carbons (Fsp3) is 0. The number of rotatable bonds is 15. The molecule has 0 radical (unpaired) electrons. The number of hydrogen-bond donors (Lipinski definition) is 0. The lowest BCUT2D eigenvalue weighted by Gasteiger charge is -2.45. The summed E-state index contributed by atoms with van der Waals surface area (Å²) in [7, 11) is 0. The summed E-state index contributed by atoms with van der Waals surface area (Å²) in [4.78, 5) is 11.3. The van der Waals surface area contributed by atoms with Crippen LogP contribution in [0.2, 0.25) is 0 Å². The first-order chi connectivity index (χ1) is 55.0. The highest BCUT2D eigenvalue weighted by molar-refractivity contribution is 7.00. The standard InChI is InChI=1S/C107H72BN3/c1-11-31-73(32-12-1)83-51-53-103-99(67-83)108-100-68-84(74-33-13-2-14-34-74)52-54-104(100)111(98-65-92(81-47-27-9-28-48-81)60-93(66-98)82-49-29-10-30-50-82)106-72-96(71-105(107(106)108)110(103)97-63-90(79-43-23-7-24-44-79)59-91(64-97)80-45-25-8-26-46-80)102-70-94(89-57-85(75-35-15-3-16-36-75)55-86(58-89)76-37-17-4-18-38-76)69-101(109-102)95-61-87(77-39-19-5-20-40-77)56-88(62-95)78-41-21-6-22-42-78/h1-72H. The lowest BCUT2D eigenvalue weighted by atomic mass is 9.33. The molecule has 0 unspecified atom stereocenters. The van der Waals surface area contributed by atoms with Crippen molar-refractivity contribution in [2.24, 2.45) is 0 Å². The maximum absolute atomic E-state index is 6.14. The minimum absolute atomic E-state index is 0.269. The molecule has 518 valence electrons. The van der Waals surface area contributed by atoms with Crippen LogP contribution in [0.1, 0.15) is 0 Å². The van der Waals surface area contributed by atoms with Crippen molar-refractivity contribution in [2.45, 2.75) is 0 Å². The Bertz CT molecular complexity index is 5840. The molecule has 111 heavy (non-hydrogen) atoms. The van der Waals surface area contributed by atoms with Crippen LogP contribution in [-0.2, 0) is 0 Å². The van der Waals surface area contributed by atoms with Crippen molar-refractivity contribution in [1.82, 2.24) is 4.98 Å². The maximum Gasteiger partial charge on any atom is 0.252 e. The van der Waals surface area contributed by atoms with Crippen LogP contribution in [0.15, 0.2) is 437 Å². The van der Waals surface area contributed by atoms with Gasteiger partial charge in [0.1, 0.15) is 0 Å². The van der Waals surface area contributed by atoms with Crippen molar-refractivity contribution in [3.8, 4) is 145 Å². The van der Waals surface area contributed by atoms with Crippen molar-refractivity contribution in [1.29, 1.82) is 0 Å². The van der Waals surface area contributed by atoms with Gasteiger partial charge in [-0.05, 0) is 248 Å². The van der Waals surface area contributed by atoms with Gasteiger partial charge in [0.2, 0.25) is 0 Å². The van der Waals surface area contributed by atoms with Crippen molar-refractivity contribution in [2.75, 3.05) is 9.80 Å². The molecule has 3 nitrogen and oxygen atoms in total. The second kappa shape index (κ2) is 28.7. The molecule has 0 bridgehead atoms. The van der Waals surface area contributed by atoms with Gasteiger partial charge in [-0.2, -0.15) is 0 Å². The maximum atomic E-state index is 6.14. The highest BCUT2D eigenvalue weighted by atomic mass is 15.2. The largest absolute Gasteiger partial charge is 0.311 e. The van der Waals surface area contributed by atoms with Gasteiger partial charge in [-0.1, -0.05) is 328 Å². The predicted octanol–water partition coefficient (Wildman–Crippen LogP) is 26.8. The summed E-state index contributed by atoms with van der Waals surface area (Å²) < 4.78 is 0. The molecule has 4 heteroatoms. The third-order valence-corrected chi connectivity index (χ3v) is 22.1. The zero-order valence-electron chi connectivity index (χ0n) is 61.0. The molecular weight excluding hydrogens is 1340 g/mol. The van der Waals surface area contributed by atoms with Crippen molar-refractivity contribution in [3.63, 3.8) is 0 Å². The van der Waals surface area contributed by atoms with Crippen molar-refractivity contribution >= 4 is 57.2 Å². The average Bonchev–Trinajstić information content (AvgIpc) is 0.692. The number of fused-ring (bicyclic) bond motifs is 4. The third kappa shape index (κ3) is 12.8. The monoisotopic (exact) mass is 1410 g/mol. The van der Waals surface area contributed by atoms with E-state index in [1.54, 1.807) is 0 Å². The van der Waals surface area contributed by atoms with Gasteiger partial charge in [0.25, 0.3) is 6.71 Å². The van der Waals surface area contributed by atoms with E-state index < -0.39 is 0 Å². The Labute approximate surface area is 649 Å². The molecule has 1 aromatic heterocycles. The minimum atomic E-state index is -0.269. The molecule has 0 saturated carbocycles. The molecule has 0 amide bonds. The summed E-state index contributed by atoms with van der Waals surface area (Å²) in [6.45, 7) is -0.269. The summed E-state index contributed by atoms with van der Waals surface area (Å²) >= 11 is 0. The third-order valence-electron chi connectivity index (χ3n) is 22.1. The fourth-order valence-corrected chi connectivity index (χ4v) is 16.8. The van der Waals surface area contributed by atoms with E-state index in [0.717, 1.165) is 179 Å². The second-order valence-electron chi connectivity index (χ2n) is 29.0. The number of nitrogens with zero attached hydrogens (tertiary/aromatic N) is 3. The lowest BCUT2D eigenvalue weighted by molar-refractivity contribution is 1.25. The number of aromatic nitrogens is 1. The molecule has 2 aliphatic heterocycles. The first kappa shape index (κ1) is 66.0. The van der Waals surface area contributed by atoms with Crippen LogP contribution in [-0.4, -0.2) is 11.7 Å². The molecule has 0 spiro atoms. The highest BCUT2D eigenvalue weighted by Crippen LogP contribution is 2.51. The Balaban J connectivity index is 0.929. The normalized spacial score (nSPS) is 11.9. The van der Waals surface area contributed by atoms with Gasteiger partial charge >= 0.3 is 0 Å². The molecule has 0 aliphatic carbocycles. The number of anilines is 6. The second-order valence-corrected chi connectivity index (χ2v) is 29.0. The Morgan fingerprint density at radius 2 is 0.360 bits per heavy atom. The van der Waals surface area contributed by atoms with Crippen LogP contribution < -0.4 is 26.2 Å². The fourth-order valence-electron chi connectivity index (χ4n) is 16.8. The molecule has 0 fully saturated rings. The van der Waals surface area contributed by atoms with Crippen LogP contribution >= 0.6 is 0 Å². The van der Waals surface area contributed by atoms with Crippen LogP contribution in [0.25, 0.3) is 145 Å². The number of pyridine rings is 1. The van der Waals surface area contributed by atoms with Crippen LogP contribution in [0, 0.1) is 0 Å². The minimum Gasteiger partial charge on any atom is -0.311 e. The van der Waals surface area contributed by atoms with Crippen LogP contribution in [0.4, 0.5) is 34.1 Å². The van der Waals surface area contributed by atoms with E-state index in [-0.39, 0.29) is 6.71 Å². The molecular formula is C107H72BN3. The Morgan fingerprint density at radius 1 is 0.153 bits per heavy atom. The highest BCUT2D eigenvalue weighted by Gasteiger charge is 2.45. The van der Waals surface area contributed by atoms with Gasteiger partial charge in [0.15, 0.2) is 0 Å². The van der Waals surface area contributed by atoms with Gasteiger partial charge < -0.3 is 9.80 Å². The van der Waals surface area contributed by atoms with E-state index in [4.69, 9.17) is 4.98 Å². The molecule has 0 N–H and O–H groups in total. The average molecular weight is 1410 g/mol. The molecule has 3 heterocycles. The van der Waals surface area contributed by atoms with Crippen LogP contribution in [0.5, 0.6) is 0 Å². The van der Waals surface area contributed by atoms with E-state index in [9.17, 15) is 0 Å². The lowest BCUT2D eigenvalue weighted by Crippen LogP contribution is -2.61. The quantitative estimate of drug-likeness (QED) is 0.0954. The summed E-state index contributed by atoms with van der Waals surface area (Å²) in [5, 5.41) is 0. The van der Waals surface area contributed by atoms with Crippen LogP contribution in [0.3, 0.4) is 0 Å². The van der Waals surface area contributed by atoms with Crippen molar-refractivity contribution < 1.29 is 0 Å². The van der Waals surface area contributed by atoms with E-state index in [1.165, 1.54) is 16.4 Å². The predicted molar refractivity (Wildman–Crippen MR) is 469 cm³/mol. The topological polar surface area (TPSA) is 19.4 Å². The van der Waals surface area contributed by atoms with Gasteiger partial charge in [-0.25, -0.2) is 4.98 Å². The van der Waals surface area contributed by atoms with E-state index in [1.807, 2.05) is 0 Å². The van der Waals surface area contributed by atoms with E-state index in [2.05, 4.69) is 447 Å². The summed E-state index contributed by atoms with van der Waals surface area (Å²) in [6, 6.07) is 161. The van der Waals surface area contributed by atoms with Gasteiger partial charge in [0.05, 0.1) is 11.4 Å². The van der Waals surface area contributed by atoms with Gasteiger partial charge in [-0.15, -0.1) is 0 Å². The van der Waals surface area contributed by atoms with E-state index >= 15 is 0 Å². The smallest absolute Gasteiger partial charge is 0.252 e.